The van der Waals surface area contributed by atoms with Gasteiger partial charge in [0.2, 0.25) is 0 Å². The molecule has 16 heavy (non-hydrogen) atoms. The van der Waals surface area contributed by atoms with Gasteiger partial charge in [-0.2, -0.15) is 0 Å². The zero-order valence-corrected chi connectivity index (χ0v) is 10.7. The molecule has 0 aliphatic carbocycles. The van der Waals surface area contributed by atoms with Crippen LogP contribution in [0.15, 0.2) is 16.7 Å². The Hall–Kier alpha value is -0.810. The maximum absolute atomic E-state index is 11.0. The molecule has 1 N–H and O–H groups in total. The molecule has 0 saturated carbocycles. The van der Waals surface area contributed by atoms with Gasteiger partial charge in [0.15, 0.2) is 0 Å². The topological polar surface area (TPSA) is 51.5 Å². The molecule has 0 amide bonds. The molecule has 2 heterocycles. The summed E-state index contributed by atoms with van der Waals surface area (Å²) in [6.07, 6.45) is 3.81. The third kappa shape index (κ3) is 2.30. The molecule has 1 aromatic rings. The van der Waals surface area contributed by atoms with Crippen LogP contribution in [0.5, 0.6) is 0 Å². The number of nitrogens with zero attached hydrogens (tertiary/aromatic N) is 1. The van der Waals surface area contributed by atoms with Crippen molar-refractivity contribution in [3.05, 3.63) is 22.4 Å². The molecule has 4 nitrogen and oxygen atoms in total. The second-order valence-electron chi connectivity index (χ2n) is 4.38. The predicted molar refractivity (Wildman–Crippen MR) is 62.7 cm³/mol. The standard InChI is InChI=1S/C11H14BrNO3/c1-11(3-2-4-16-11)7-13-6-8(12)5-9(13)10(14)15/h5-6H,2-4,7H2,1H3,(H,14,15). The van der Waals surface area contributed by atoms with E-state index in [2.05, 4.69) is 15.9 Å². The van der Waals surface area contributed by atoms with Crippen LogP contribution in [0.3, 0.4) is 0 Å². The molecule has 1 aromatic heterocycles. The SMILES string of the molecule is CC1(Cn2cc(Br)cc2C(=O)O)CCCO1. The Morgan fingerprint density at radius 1 is 1.75 bits per heavy atom. The number of ether oxygens (including phenoxy) is 1. The van der Waals surface area contributed by atoms with E-state index < -0.39 is 5.97 Å². The zero-order chi connectivity index (χ0) is 11.8. The van der Waals surface area contributed by atoms with Crippen molar-refractivity contribution in [2.45, 2.75) is 31.9 Å². The zero-order valence-electron chi connectivity index (χ0n) is 9.07. The average Bonchev–Trinajstić information content (AvgIpc) is 2.73. The van der Waals surface area contributed by atoms with Gasteiger partial charge in [-0.3, -0.25) is 0 Å². The molecule has 88 valence electrons. The molecule has 1 aliphatic rings. The van der Waals surface area contributed by atoms with Crippen molar-refractivity contribution in [1.29, 1.82) is 0 Å². The number of hydrogen-bond acceptors (Lipinski definition) is 2. The van der Waals surface area contributed by atoms with Crippen LogP contribution in [-0.4, -0.2) is 27.9 Å². The highest BCUT2D eigenvalue weighted by Gasteiger charge is 2.31. The number of halogens is 1. The van der Waals surface area contributed by atoms with Crippen molar-refractivity contribution >= 4 is 21.9 Å². The molecule has 0 spiro atoms. The Labute approximate surface area is 102 Å². The number of rotatable bonds is 3. The van der Waals surface area contributed by atoms with Gasteiger partial charge in [-0.15, -0.1) is 0 Å². The van der Waals surface area contributed by atoms with Crippen LogP contribution in [0, 0.1) is 0 Å². The lowest BCUT2D eigenvalue weighted by Gasteiger charge is -2.24. The van der Waals surface area contributed by atoms with E-state index in [4.69, 9.17) is 9.84 Å². The van der Waals surface area contributed by atoms with Crippen LogP contribution in [0.2, 0.25) is 0 Å². The molecule has 1 fully saturated rings. The minimum absolute atomic E-state index is 0.233. The predicted octanol–water partition coefficient (Wildman–Crippen LogP) is 2.52. The summed E-state index contributed by atoms with van der Waals surface area (Å²) in [5.74, 6) is -0.910. The van der Waals surface area contributed by atoms with E-state index in [1.165, 1.54) is 0 Å². The highest BCUT2D eigenvalue weighted by atomic mass is 79.9. The summed E-state index contributed by atoms with van der Waals surface area (Å²) in [6, 6.07) is 1.61. The van der Waals surface area contributed by atoms with Crippen LogP contribution in [0.4, 0.5) is 0 Å². The molecule has 0 radical (unpaired) electrons. The van der Waals surface area contributed by atoms with Crippen LogP contribution in [0.1, 0.15) is 30.3 Å². The van der Waals surface area contributed by atoms with E-state index in [-0.39, 0.29) is 5.60 Å². The Balaban J connectivity index is 2.23. The van der Waals surface area contributed by atoms with E-state index in [1.54, 1.807) is 16.8 Å². The molecule has 0 aromatic carbocycles. The first-order chi connectivity index (χ1) is 7.50. The van der Waals surface area contributed by atoms with Crippen molar-refractivity contribution in [3.8, 4) is 0 Å². The Morgan fingerprint density at radius 3 is 3.06 bits per heavy atom. The normalized spacial score (nSPS) is 24.9. The highest BCUT2D eigenvalue weighted by Crippen LogP contribution is 2.28. The first-order valence-electron chi connectivity index (χ1n) is 5.23. The van der Waals surface area contributed by atoms with Crippen LogP contribution < -0.4 is 0 Å². The summed E-state index contributed by atoms with van der Waals surface area (Å²) in [7, 11) is 0. The van der Waals surface area contributed by atoms with E-state index in [1.807, 2.05) is 6.92 Å². The van der Waals surface area contributed by atoms with Gasteiger partial charge in [-0.25, -0.2) is 4.79 Å². The number of carboxylic acids is 1. The van der Waals surface area contributed by atoms with Crippen molar-refractivity contribution in [2.24, 2.45) is 0 Å². The van der Waals surface area contributed by atoms with Gasteiger partial charge in [0.25, 0.3) is 0 Å². The van der Waals surface area contributed by atoms with Gasteiger partial charge in [0.05, 0.1) is 12.1 Å². The van der Waals surface area contributed by atoms with Crippen molar-refractivity contribution in [1.82, 2.24) is 4.57 Å². The average molecular weight is 288 g/mol. The molecule has 2 rings (SSSR count). The van der Waals surface area contributed by atoms with E-state index >= 15 is 0 Å². The lowest BCUT2D eigenvalue weighted by molar-refractivity contribution is 0.00553. The Kier molecular flexibility index (Phi) is 3.08. The lowest BCUT2D eigenvalue weighted by Crippen LogP contribution is -2.30. The van der Waals surface area contributed by atoms with Gasteiger partial charge in [-0.05, 0) is 41.8 Å². The summed E-state index contributed by atoms with van der Waals surface area (Å²) in [6.45, 7) is 3.38. The number of hydrogen-bond donors (Lipinski definition) is 1. The quantitative estimate of drug-likeness (QED) is 0.929. The van der Waals surface area contributed by atoms with Gasteiger partial charge in [0, 0.05) is 17.3 Å². The van der Waals surface area contributed by atoms with Crippen LogP contribution in [0.25, 0.3) is 0 Å². The van der Waals surface area contributed by atoms with Crippen molar-refractivity contribution < 1.29 is 14.6 Å². The fourth-order valence-corrected chi connectivity index (χ4v) is 2.57. The first-order valence-corrected chi connectivity index (χ1v) is 6.02. The number of carbonyl (C=O) groups is 1. The monoisotopic (exact) mass is 287 g/mol. The van der Waals surface area contributed by atoms with Gasteiger partial charge in [0.1, 0.15) is 5.69 Å². The maximum atomic E-state index is 11.0. The second-order valence-corrected chi connectivity index (χ2v) is 5.29. The summed E-state index contributed by atoms with van der Waals surface area (Å²) >= 11 is 3.29. The molecule has 1 atom stereocenters. The molecule has 1 unspecified atom stereocenters. The summed E-state index contributed by atoms with van der Waals surface area (Å²) in [5.41, 5.74) is 0.0615. The Bertz CT molecular complexity index is 407. The first kappa shape index (κ1) is 11.7. The molecular weight excluding hydrogens is 274 g/mol. The fourth-order valence-electron chi connectivity index (χ4n) is 2.11. The summed E-state index contributed by atoms with van der Waals surface area (Å²) in [4.78, 5) is 11.0. The third-order valence-corrected chi connectivity index (χ3v) is 3.32. The van der Waals surface area contributed by atoms with Crippen molar-refractivity contribution in [3.63, 3.8) is 0 Å². The van der Waals surface area contributed by atoms with Crippen LogP contribution >= 0.6 is 15.9 Å². The van der Waals surface area contributed by atoms with Crippen LogP contribution in [-0.2, 0) is 11.3 Å². The van der Waals surface area contributed by atoms with Gasteiger partial charge in [-0.1, -0.05) is 0 Å². The van der Waals surface area contributed by atoms with Gasteiger partial charge >= 0.3 is 5.97 Å². The summed E-state index contributed by atoms with van der Waals surface area (Å²) in [5, 5.41) is 9.05. The summed E-state index contributed by atoms with van der Waals surface area (Å²) < 4.78 is 8.18. The highest BCUT2D eigenvalue weighted by molar-refractivity contribution is 9.10. The molecule has 5 heteroatoms. The number of aromatic carboxylic acids is 1. The van der Waals surface area contributed by atoms with Crippen molar-refractivity contribution in [2.75, 3.05) is 6.61 Å². The second kappa shape index (κ2) is 4.22. The maximum Gasteiger partial charge on any atom is 0.352 e. The smallest absolute Gasteiger partial charge is 0.352 e. The van der Waals surface area contributed by atoms with E-state index in [0.717, 1.165) is 23.9 Å². The molecule has 1 saturated heterocycles. The number of carboxylic acid groups (broad SMARTS) is 1. The molecular formula is C11H14BrNO3. The fraction of sp³-hybridized carbons (Fsp3) is 0.545. The molecule has 1 aliphatic heterocycles. The van der Waals surface area contributed by atoms with E-state index in [9.17, 15) is 4.79 Å². The van der Waals surface area contributed by atoms with E-state index in [0.29, 0.717) is 12.2 Å². The largest absolute Gasteiger partial charge is 0.477 e. The Morgan fingerprint density at radius 2 is 2.50 bits per heavy atom. The third-order valence-electron chi connectivity index (χ3n) is 2.89. The van der Waals surface area contributed by atoms with Gasteiger partial charge < -0.3 is 14.4 Å². The minimum atomic E-state index is -0.910. The molecule has 0 bridgehead atoms. The minimum Gasteiger partial charge on any atom is -0.477 e. The number of aromatic nitrogens is 1. The lowest BCUT2D eigenvalue weighted by atomic mass is 10.0.